The minimum atomic E-state index is 0.407. The molecule has 0 aliphatic carbocycles. The Morgan fingerprint density at radius 3 is 2.90 bits per heavy atom. The van der Waals surface area contributed by atoms with Gasteiger partial charge in [-0.2, -0.15) is 0 Å². The molecular weight excluding hydrogens is 282 g/mol. The predicted octanol–water partition coefficient (Wildman–Crippen LogP) is 1.73. The average Bonchev–Trinajstić information content (AvgIpc) is 2.48. The number of thiocarbonyl (C=S) groups is 1. The van der Waals surface area contributed by atoms with E-state index in [0.29, 0.717) is 17.6 Å². The molecule has 2 N–H and O–H groups in total. The molecule has 1 heterocycles. The van der Waals surface area contributed by atoms with Crippen molar-refractivity contribution in [3.05, 3.63) is 29.8 Å². The van der Waals surface area contributed by atoms with Crippen LogP contribution in [0.25, 0.3) is 0 Å². The Morgan fingerprint density at radius 2 is 2.24 bits per heavy atom. The maximum atomic E-state index is 5.82. The number of nitrogens with two attached hydrogens (primary N) is 1. The maximum absolute atomic E-state index is 5.82. The molecule has 1 aromatic rings. The lowest BCUT2D eigenvalue weighted by atomic mass is 10.2. The van der Waals surface area contributed by atoms with Crippen LogP contribution in [0.5, 0.6) is 5.75 Å². The quantitative estimate of drug-likeness (QED) is 0.811. The second-order valence-electron chi connectivity index (χ2n) is 5.52. The van der Waals surface area contributed by atoms with E-state index in [1.807, 2.05) is 24.3 Å². The van der Waals surface area contributed by atoms with Crippen LogP contribution in [0.2, 0.25) is 0 Å². The molecule has 0 aromatic heterocycles. The summed E-state index contributed by atoms with van der Waals surface area (Å²) in [5, 5.41) is 0. The molecule has 1 fully saturated rings. The first-order valence-electron chi connectivity index (χ1n) is 7.59. The number of ether oxygens (including phenoxy) is 1. The van der Waals surface area contributed by atoms with Gasteiger partial charge in [-0.1, -0.05) is 31.3 Å². The minimum absolute atomic E-state index is 0.407. The van der Waals surface area contributed by atoms with E-state index in [1.165, 1.54) is 0 Å². The third-order valence-electron chi connectivity index (χ3n) is 4.05. The summed E-state index contributed by atoms with van der Waals surface area (Å²) < 4.78 is 5.82. The molecule has 1 aliphatic rings. The van der Waals surface area contributed by atoms with Gasteiger partial charge < -0.3 is 10.5 Å². The molecule has 21 heavy (non-hydrogen) atoms. The summed E-state index contributed by atoms with van der Waals surface area (Å²) in [6.45, 7) is 10.7. The minimum Gasteiger partial charge on any atom is -0.492 e. The van der Waals surface area contributed by atoms with Gasteiger partial charge in [-0.3, -0.25) is 9.80 Å². The third-order valence-corrected chi connectivity index (χ3v) is 4.29. The van der Waals surface area contributed by atoms with E-state index in [-0.39, 0.29) is 0 Å². The van der Waals surface area contributed by atoms with Crippen molar-refractivity contribution in [2.75, 3.05) is 39.3 Å². The van der Waals surface area contributed by atoms with Crippen LogP contribution in [0.4, 0.5) is 0 Å². The van der Waals surface area contributed by atoms with Crippen molar-refractivity contribution in [3.8, 4) is 5.75 Å². The lowest BCUT2D eigenvalue weighted by Crippen LogP contribution is -2.52. The highest BCUT2D eigenvalue weighted by Gasteiger charge is 2.21. The highest BCUT2D eigenvalue weighted by atomic mass is 32.1. The second kappa shape index (κ2) is 7.73. The summed E-state index contributed by atoms with van der Waals surface area (Å²) in [6.07, 6.45) is 0. The largest absolute Gasteiger partial charge is 0.492 e. The SMILES string of the molecule is CCN1CCN(CCOc2cccc(C(N)=S)c2)CC1C. The Hall–Kier alpha value is -1.17. The predicted molar refractivity (Wildman–Crippen MR) is 91.0 cm³/mol. The fraction of sp³-hybridized carbons (Fsp3) is 0.562. The maximum Gasteiger partial charge on any atom is 0.120 e. The summed E-state index contributed by atoms with van der Waals surface area (Å²) >= 11 is 4.98. The normalized spacial score (nSPS) is 20.4. The van der Waals surface area contributed by atoms with Crippen LogP contribution in [-0.4, -0.2) is 60.2 Å². The topological polar surface area (TPSA) is 41.7 Å². The number of benzene rings is 1. The number of likely N-dealkylation sites (N-methyl/N-ethyl adjacent to an activating group) is 1. The third kappa shape index (κ3) is 4.66. The second-order valence-corrected chi connectivity index (χ2v) is 5.96. The van der Waals surface area contributed by atoms with E-state index in [2.05, 4.69) is 23.6 Å². The Kier molecular flexibility index (Phi) is 5.96. The molecule has 2 rings (SSSR count). The van der Waals surface area contributed by atoms with Crippen molar-refractivity contribution in [1.29, 1.82) is 0 Å². The standard InChI is InChI=1S/C16H25N3OS/c1-3-19-8-7-18(12-13(19)2)9-10-20-15-6-4-5-14(11-15)16(17)21/h4-6,11,13H,3,7-10,12H2,1-2H3,(H2,17,21). The summed E-state index contributed by atoms with van der Waals surface area (Å²) in [7, 11) is 0. The van der Waals surface area contributed by atoms with Crippen molar-refractivity contribution in [2.24, 2.45) is 5.73 Å². The van der Waals surface area contributed by atoms with Gasteiger partial charge in [-0.15, -0.1) is 0 Å². The fourth-order valence-electron chi connectivity index (χ4n) is 2.78. The zero-order chi connectivity index (χ0) is 15.2. The van der Waals surface area contributed by atoms with Crippen molar-refractivity contribution >= 4 is 17.2 Å². The summed E-state index contributed by atoms with van der Waals surface area (Å²) in [5.41, 5.74) is 6.49. The molecule has 116 valence electrons. The van der Waals surface area contributed by atoms with Crippen molar-refractivity contribution in [2.45, 2.75) is 19.9 Å². The van der Waals surface area contributed by atoms with Gasteiger partial charge in [-0.05, 0) is 25.6 Å². The summed E-state index contributed by atoms with van der Waals surface area (Å²) in [4.78, 5) is 5.39. The van der Waals surface area contributed by atoms with Crippen LogP contribution < -0.4 is 10.5 Å². The molecule has 0 saturated carbocycles. The molecular formula is C16H25N3OS. The van der Waals surface area contributed by atoms with E-state index in [1.54, 1.807) is 0 Å². The Bertz CT molecular complexity index is 480. The summed E-state index contributed by atoms with van der Waals surface area (Å²) in [6, 6.07) is 8.30. The van der Waals surface area contributed by atoms with E-state index in [9.17, 15) is 0 Å². The van der Waals surface area contributed by atoms with Crippen molar-refractivity contribution in [1.82, 2.24) is 9.80 Å². The van der Waals surface area contributed by atoms with Crippen LogP contribution in [0.1, 0.15) is 19.4 Å². The zero-order valence-electron chi connectivity index (χ0n) is 12.9. The van der Waals surface area contributed by atoms with Gasteiger partial charge in [0.2, 0.25) is 0 Å². The molecule has 0 radical (unpaired) electrons. The highest BCUT2D eigenvalue weighted by Crippen LogP contribution is 2.14. The van der Waals surface area contributed by atoms with E-state index in [4.69, 9.17) is 22.7 Å². The smallest absolute Gasteiger partial charge is 0.120 e. The van der Waals surface area contributed by atoms with Crippen LogP contribution in [0.3, 0.4) is 0 Å². The van der Waals surface area contributed by atoms with Crippen LogP contribution in [0.15, 0.2) is 24.3 Å². The number of nitrogens with zero attached hydrogens (tertiary/aromatic N) is 2. The van der Waals surface area contributed by atoms with E-state index < -0.39 is 0 Å². The van der Waals surface area contributed by atoms with Crippen LogP contribution >= 0.6 is 12.2 Å². The van der Waals surface area contributed by atoms with Crippen molar-refractivity contribution in [3.63, 3.8) is 0 Å². The van der Waals surface area contributed by atoms with Gasteiger partial charge in [0, 0.05) is 37.8 Å². The zero-order valence-corrected chi connectivity index (χ0v) is 13.7. The Morgan fingerprint density at radius 1 is 1.43 bits per heavy atom. The fourth-order valence-corrected chi connectivity index (χ4v) is 2.90. The lowest BCUT2D eigenvalue weighted by molar-refractivity contribution is 0.0781. The number of hydrogen-bond acceptors (Lipinski definition) is 4. The molecule has 5 heteroatoms. The number of piperazine rings is 1. The first-order chi connectivity index (χ1) is 10.1. The number of hydrogen-bond donors (Lipinski definition) is 1. The molecule has 4 nitrogen and oxygen atoms in total. The Labute approximate surface area is 132 Å². The molecule has 0 bridgehead atoms. The number of rotatable bonds is 6. The van der Waals surface area contributed by atoms with Gasteiger partial charge in [-0.25, -0.2) is 0 Å². The van der Waals surface area contributed by atoms with E-state index >= 15 is 0 Å². The Balaban J connectivity index is 1.77. The van der Waals surface area contributed by atoms with Crippen molar-refractivity contribution < 1.29 is 4.74 Å². The van der Waals surface area contributed by atoms with Gasteiger partial charge in [0.1, 0.15) is 17.3 Å². The molecule has 1 atom stereocenters. The van der Waals surface area contributed by atoms with Crippen LogP contribution in [0, 0.1) is 0 Å². The van der Waals surface area contributed by atoms with Gasteiger partial charge in [0.25, 0.3) is 0 Å². The van der Waals surface area contributed by atoms with E-state index in [0.717, 1.165) is 44.0 Å². The molecule has 1 unspecified atom stereocenters. The molecule has 1 saturated heterocycles. The van der Waals surface area contributed by atoms with Crippen LogP contribution in [-0.2, 0) is 0 Å². The average molecular weight is 307 g/mol. The summed E-state index contributed by atoms with van der Waals surface area (Å²) in [5.74, 6) is 0.834. The molecule has 0 spiro atoms. The van der Waals surface area contributed by atoms with Gasteiger partial charge >= 0.3 is 0 Å². The monoisotopic (exact) mass is 307 g/mol. The first-order valence-corrected chi connectivity index (χ1v) is 8.00. The first kappa shape index (κ1) is 16.2. The highest BCUT2D eigenvalue weighted by molar-refractivity contribution is 7.80. The molecule has 1 aromatic carbocycles. The molecule has 1 aliphatic heterocycles. The molecule has 0 amide bonds. The lowest BCUT2D eigenvalue weighted by Gasteiger charge is -2.39. The van der Waals surface area contributed by atoms with Gasteiger partial charge in [0.05, 0.1) is 0 Å². The van der Waals surface area contributed by atoms with Gasteiger partial charge in [0.15, 0.2) is 0 Å².